The van der Waals surface area contributed by atoms with Crippen molar-refractivity contribution in [1.29, 1.82) is 0 Å². The van der Waals surface area contributed by atoms with Gasteiger partial charge in [-0.25, -0.2) is 14.6 Å². The maximum absolute atomic E-state index is 12.9. The molecule has 0 aliphatic heterocycles. The van der Waals surface area contributed by atoms with E-state index in [1.165, 1.54) is 6.07 Å². The Morgan fingerprint density at radius 1 is 1.10 bits per heavy atom. The molecular weight excluding hydrogens is 400 g/mol. The summed E-state index contributed by atoms with van der Waals surface area (Å²) in [5, 5.41) is 13.6. The second-order valence-corrected chi connectivity index (χ2v) is 8.02. The van der Waals surface area contributed by atoms with Gasteiger partial charge in [0.25, 0.3) is 5.91 Å². The molecule has 2 aromatic carbocycles. The van der Waals surface area contributed by atoms with Crippen LogP contribution in [0, 0.1) is 0 Å². The van der Waals surface area contributed by atoms with E-state index in [0.29, 0.717) is 16.4 Å². The van der Waals surface area contributed by atoms with E-state index < -0.39 is 29.6 Å². The number of methoxy groups -OCH3 is 1. The number of amides is 1. The molecule has 0 aliphatic rings. The van der Waals surface area contributed by atoms with Crippen LogP contribution in [0.2, 0.25) is 0 Å². The third-order valence-corrected chi connectivity index (χ3v) is 4.45. The third kappa shape index (κ3) is 5.16. The zero-order chi connectivity index (χ0) is 22.8. The molecule has 8 heteroatoms. The van der Waals surface area contributed by atoms with Crippen LogP contribution in [0.3, 0.4) is 0 Å². The molecule has 1 unspecified atom stereocenters. The fraction of sp³-hybridized carbons (Fsp3) is 0.304. The molecule has 0 radical (unpaired) electrons. The molecule has 162 valence electrons. The van der Waals surface area contributed by atoms with Gasteiger partial charge in [-0.3, -0.25) is 4.79 Å². The fourth-order valence-electron chi connectivity index (χ4n) is 3.02. The Morgan fingerprint density at radius 3 is 2.48 bits per heavy atom. The van der Waals surface area contributed by atoms with E-state index in [0.717, 1.165) is 12.5 Å². The zero-order valence-electron chi connectivity index (χ0n) is 17.8. The molecule has 0 saturated carbocycles. The van der Waals surface area contributed by atoms with Crippen LogP contribution in [0.1, 0.15) is 41.5 Å². The van der Waals surface area contributed by atoms with Crippen molar-refractivity contribution >= 4 is 39.7 Å². The lowest BCUT2D eigenvalue weighted by Gasteiger charge is -2.20. The highest BCUT2D eigenvalue weighted by Gasteiger charge is 2.23. The number of aliphatic hydroxyl groups excluding tert-OH is 1. The van der Waals surface area contributed by atoms with Gasteiger partial charge in [0.15, 0.2) is 6.10 Å². The van der Waals surface area contributed by atoms with Crippen LogP contribution >= 0.6 is 0 Å². The molecule has 2 N–H and O–H groups in total. The van der Waals surface area contributed by atoms with Crippen LogP contribution in [0.4, 0.5) is 0 Å². The molecular formula is C23H24N2O6. The van der Waals surface area contributed by atoms with Crippen molar-refractivity contribution in [2.45, 2.75) is 32.5 Å². The number of carbonyl (C=O) groups excluding carboxylic acids is 3. The van der Waals surface area contributed by atoms with Gasteiger partial charge < -0.3 is 19.9 Å². The number of para-hydroxylation sites is 1. The van der Waals surface area contributed by atoms with E-state index in [9.17, 15) is 19.5 Å². The molecule has 1 aromatic heterocycles. The molecule has 0 aliphatic carbocycles. The Balaban J connectivity index is 2.05. The van der Waals surface area contributed by atoms with Crippen molar-refractivity contribution in [3.63, 3.8) is 0 Å². The SMILES string of the molecule is COC(=O)C(O)CNC(=O)c1cc(C(=O)OC(C)(C)C)c2cc3ccccc3nc2c1. The first kappa shape index (κ1) is 22.2. The average Bonchev–Trinajstić information content (AvgIpc) is 2.73. The standard InChI is InChI=1S/C23H24N2O6/c1-23(2,3)31-21(28)16-10-14(20(27)24-12-19(26)22(29)30-4)11-18-15(16)9-13-7-5-6-8-17(13)25-18/h5-11,19,26H,12H2,1-4H3,(H,24,27). The van der Waals surface area contributed by atoms with E-state index in [1.54, 1.807) is 26.8 Å². The average molecular weight is 424 g/mol. The van der Waals surface area contributed by atoms with Gasteiger partial charge in [-0.1, -0.05) is 18.2 Å². The lowest BCUT2D eigenvalue weighted by Crippen LogP contribution is -2.37. The van der Waals surface area contributed by atoms with Crippen molar-refractivity contribution in [3.8, 4) is 0 Å². The van der Waals surface area contributed by atoms with E-state index in [4.69, 9.17) is 4.74 Å². The number of pyridine rings is 1. The number of nitrogens with zero attached hydrogens (tertiary/aromatic N) is 1. The minimum Gasteiger partial charge on any atom is -0.467 e. The van der Waals surface area contributed by atoms with Gasteiger partial charge in [0.2, 0.25) is 0 Å². The smallest absolute Gasteiger partial charge is 0.339 e. The predicted octanol–water partition coefficient (Wildman–Crippen LogP) is 2.61. The number of hydrogen-bond donors (Lipinski definition) is 2. The number of esters is 2. The number of aliphatic hydroxyl groups is 1. The highest BCUT2D eigenvalue weighted by Crippen LogP contribution is 2.26. The molecule has 8 nitrogen and oxygen atoms in total. The van der Waals surface area contributed by atoms with E-state index >= 15 is 0 Å². The second kappa shape index (κ2) is 8.69. The highest BCUT2D eigenvalue weighted by atomic mass is 16.6. The summed E-state index contributed by atoms with van der Waals surface area (Å²) in [6, 6.07) is 12.2. The summed E-state index contributed by atoms with van der Waals surface area (Å²) in [5.74, 6) is -2.02. The molecule has 0 saturated heterocycles. The lowest BCUT2D eigenvalue weighted by molar-refractivity contribution is -0.149. The Labute approximate surface area is 179 Å². The summed E-state index contributed by atoms with van der Waals surface area (Å²) < 4.78 is 9.96. The maximum atomic E-state index is 12.9. The summed E-state index contributed by atoms with van der Waals surface area (Å²) in [7, 11) is 1.14. The van der Waals surface area contributed by atoms with Crippen LogP contribution in [0.25, 0.3) is 21.8 Å². The van der Waals surface area contributed by atoms with Gasteiger partial charge in [0.05, 0.1) is 30.3 Å². The molecule has 1 atom stereocenters. The number of benzene rings is 2. The first-order chi connectivity index (χ1) is 14.6. The molecule has 3 aromatic rings. The molecule has 1 heterocycles. The van der Waals surface area contributed by atoms with Gasteiger partial charge >= 0.3 is 11.9 Å². The number of ether oxygens (including phenoxy) is 2. The van der Waals surface area contributed by atoms with Gasteiger partial charge in [-0.15, -0.1) is 0 Å². The number of rotatable bonds is 5. The predicted molar refractivity (Wildman–Crippen MR) is 115 cm³/mol. The van der Waals surface area contributed by atoms with Crippen molar-refractivity contribution in [3.05, 3.63) is 53.6 Å². The Bertz CT molecular complexity index is 1170. The summed E-state index contributed by atoms with van der Waals surface area (Å²) in [4.78, 5) is 41.5. The summed E-state index contributed by atoms with van der Waals surface area (Å²) >= 11 is 0. The monoisotopic (exact) mass is 424 g/mol. The molecule has 31 heavy (non-hydrogen) atoms. The number of nitrogens with one attached hydrogen (secondary N) is 1. The van der Waals surface area contributed by atoms with Crippen molar-refractivity contribution in [2.75, 3.05) is 13.7 Å². The molecule has 0 bridgehead atoms. The Morgan fingerprint density at radius 2 is 1.81 bits per heavy atom. The Hall–Kier alpha value is -3.52. The third-order valence-electron chi connectivity index (χ3n) is 4.45. The van der Waals surface area contributed by atoms with Gasteiger partial charge in [-0.2, -0.15) is 0 Å². The van der Waals surface area contributed by atoms with Crippen molar-refractivity contribution < 1.29 is 29.0 Å². The van der Waals surface area contributed by atoms with Gasteiger partial charge in [0.1, 0.15) is 5.60 Å². The number of hydrogen-bond acceptors (Lipinski definition) is 7. The lowest BCUT2D eigenvalue weighted by atomic mass is 10.0. The Kier molecular flexibility index (Phi) is 6.21. The quantitative estimate of drug-likeness (QED) is 0.478. The fourth-order valence-corrected chi connectivity index (χ4v) is 3.02. The van der Waals surface area contributed by atoms with Crippen LogP contribution in [-0.4, -0.2) is 53.3 Å². The second-order valence-electron chi connectivity index (χ2n) is 8.02. The van der Waals surface area contributed by atoms with Gasteiger partial charge in [0, 0.05) is 16.3 Å². The molecule has 0 fully saturated rings. The minimum absolute atomic E-state index is 0.146. The summed E-state index contributed by atoms with van der Waals surface area (Å²) in [5.41, 5.74) is 0.776. The van der Waals surface area contributed by atoms with Crippen LogP contribution in [0.5, 0.6) is 0 Å². The van der Waals surface area contributed by atoms with Crippen molar-refractivity contribution in [1.82, 2.24) is 10.3 Å². The topological polar surface area (TPSA) is 115 Å². The normalized spacial score (nSPS) is 12.4. The molecule has 1 amide bonds. The summed E-state index contributed by atoms with van der Waals surface area (Å²) in [6.45, 7) is 4.93. The maximum Gasteiger partial charge on any atom is 0.339 e. The number of fused-ring (bicyclic) bond motifs is 2. The van der Waals surface area contributed by atoms with Crippen LogP contribution in [0.15, 0.2) is 42.5 Å². The van der Waals surface area contributed by atoms with E-state index in [2.05, 4.69) is 15.0 Å². The van der Waals surface area contributed by atoms with E-state index in [-0.39, 0.29) is 17.7 Å². The highest BCUT2D eigenvalue weighted by molar-refractivity contribution is 6.10. The minimum atomic E-state index is -1.50. The van der Waals surface area contributed by atoms with E-state index in [1.807, 2.05) is 30.3 Å². The van der Waals surface area contributed by atoms with Crippen LogP contribution in [-0.2, 0) is 14.3 Å². The number of carbonyl (C=O) groups is 3. The first-order valence-electron chi connectivity index (χ1n) is 9.70. The van der Waals surface area contributed by atoms with Crippen LogP contribution < -0.4 is 5.32 Å². The summed E-state index contributed by atoms with van der Waals surface area (Å²) in [6.07, 6.45) is -1.50. The zero-order valence-corrected chi connectivity index (χ0v) is 17.8. The first-order valence-corrected chi connectivity index (χ1v) is 9.70. The number of aromatic nitrogens is 1. The van der Waals surface area contributed by atoms with Gasteiger partial charge in [-0.05, 0) is 45.0 Å². The molecule has 0 spiro atoms. The largest absolute Gasteiger partial charge is 0.467 e. The van der Waals surface area contributed by atoms with Crippen molar-refractivity contribution in [2.24, 2.45) is 0 Å². The molecule has 3 rings (SSSR count).